The molecule has 2 atom stereocenters. The van der Waals surface area contributed by atoms with Crippen LogP contribution in [0.5, 0.6) is 0 Å². The fraction of sp³-hybridized carbons (Fsp3) is 0.478. The molecule has 5 rings (SSSR count). The first-order chi connectivity index (χ1) is 14.7. The third-order valence-electron chi connectivity index (χ3n) is 6.46. The maximum atomic E-state index is 12.6. The smallest absolute Gasteiger partial charge is 0.261 e. The number of nitrogens with one attached hydrogen (secondary N) is 2. The van der Waals surface area contributed by atoms with Crippen LogP contribution in [0.15, 0.2) is 41.3 Å². The van der Waals surface area contributed by atoms with E-state index in [0.29, 0.717) is 23.9 Å². The van der Waals surface area contributed by atoms with Gasteiger partial charge in [0.15, 0.2) is 5.82 Å². The molecule has 158 valence electrons. The van der Waals surface area contributed by atoms with E-state index in [1.54, 1.807) is 6.20 Å². The van der Waals surface area contributed by atoms with Crippen LogP contribution in [0.25, 0.3) is 10.9 Å². The van der Waals surface area contributed by atoms with Gasteiger partial charge in [0, 0.05) is 24.5 Å². The highest BCUT2D eigenvalue weighted by Gasteiger charge is 2.23. The molecule has 3 aromatic rings. The van der Waals surface area contributed by atoms with Gasteiger partial charge in [-0.3, -0.25) is 14.4 Å². The largest absolute Gasteiger partial charge is 0.379 e. The van der Waals surface area contributed by atoms with Crippen LogP contribution in [0, 0.1) is 0 Å². The SMILES string of the molecule is CC(c1ccc(Nc2nn(C3CCCOC3)c3cc[nH]c(=O)c23)cc1)N1CCCC1. The molecule has 0 spiro atoms. The lowest BCUT2D eigenvalue weighted by Gasteiger charge is -2.24. The molecule has 7 nitrogen and oxygen atoms in total. The summed E-state index contributed by atoms with van der Waals surface area (Å²) < 4.78 is 7.60. The number of hydrogen-bond acceptors (Lipinski definition) is 5. The first-order valence-electron chi connectivity index (χ1n) is 11.0. The van der Waals surface area contributed by atoms with E-state index < -0.39 is 0 Å². The number of nitrogens with zero attached hydrogens (tertiary/aromatic N) is 3. The van der Waals surface area contributed by atoms with Gasteiger partial charge in [-0.2, -0.15) is 5.10 Å². The summed E-state index contributed by atoms with van der Waals surface area (Å²) >= 11 is 0. The molecule has 4 heterocycles. The lowest BCUT2D eigenvalue weighted by molar-refractivity contribution is 0.0566. The molecule has 0 radical (unpaired) electrons. The van der Waals surface area contributed by atoms with Gasteiger partial charge in [-0.1, -0.05) is 12.1 Å². The molecule has 2 N–H and O–H groups in total. The Morgan fingerprint density at radius 3 is 2.70 bits per heavy atom. The van der Waals surface area contributed by atoms with Crippen molar-refractivity contribution in [3.63, 3.8) is 0 Å². The third-order valence-corrected chi connectivity index (χ3v) is 6.46. The Kier molecular flexibility index (Phi) is 5.31. The Labute approximate surface area is 176 Å². The van der Waals surface area contributed by atoms with Crippen molar-refractivity contribution in [2.24, 2.45) is 0 Å². The zero-order valence-electron chi connectivity index (χ0n) is 17.4. The van der Waals surface area contributed by atoms with Crippen molar-refractivity contribution in [1.29, 1.82) is 0 Å². The molecule has 0 saturated carbocycles. The molecule has 2 aliphatic heterocycles. The van der Waals surface area contributed by atoms with Crippen LogP contribution in [0.4, 0.5) is 11.5 Å². The van der Waals surface area contributed by atoms with Crippen LogP contribution in [0.3, 0.4) is 0 Å². The summed E-state index contributed by atoms with van der Waals surface area (Å²) in [4.78, 5) is 17.9. The number of benzene rings is 1. The van der Waals surface area contributed by atoms with E-state index in [-0.39, 0.29) is 11.6 Å². The Morgan fingerprint density at radius 1 is 1.17 bits per heavy atom. The number of aromatic amines is 1. The minimum Gasteiger partial charge on any atom is -0.379 e. The monoisotopic (exact) mass is 407 g/mol. The van der Waals surface area contributed by atoms with Crippen molar-refractivity contribution in [1.82, 2.24) is 19.7 Å². The van der Waals surface area contributed by atoms with Gasteiger partial charge >= 0.3 is 0 Å². The lowest BCUT2D eigenvalue weighted by atomic mass is 10.1. The second kappa shape index (κ2) is 8.24. The summed E-state index contributed by atoms with van der Waals surface area (Å²) in [5, 5.41) is 8.76. The second-order valence-corrected chi connectivity index (χ2v) is 8.40. The topological polar surface area (TPSA) is 75.2 Å². The molecule has 2 unspecified atom stereocenters. The zero-order valence-corrected chi connectivity index (χ0v) is 17.4. The number of fused-ring (bicyclic) bond motifs is 1. The van der Waals surface area contributed by atoms with Gasteiger partial charge in [-0.15, -0.1) is 0 Å². The molecule has 30 heavy (non-hydrogen) atoms. The van der Waals surface area contributed by atoms with Gasteiger partial charge in [0.2, 0.25) is 0 Å². The van der Waals surface area contributed by atoms with E-state index in [1.165, 1.54) is 31.5 Å². The van der Waals surface area contributed by atoms with Crippen LogP contribution in [0.2, 0.25) is 0 Å². The Bertz CT molecular complexity index is 1060. The number of anilines is 2. The second-order valence-electron chi connectivity index (χ2n) is 8.40. The maximum Gasteiger partial charge on any atom is 0.261 e. The third kappa shape index (κ3) is 3.63. The van der Waals surface area contributed by atoms with Gasteiger partial charge in [0.1, 0.15) is 5.39 Å². The van der Waals surface area contributed by atoms with Gasteiger partial charge in [0.25, 0.3) is 5.56 Å². The highest BCUT2D eigenvalue weighted by molar-refractivity contribution is 5.91. The van der Waals surface area contributed by atoms with Crippen molar-refractivity contribution in [3.8, 4) is 0 Å². The van der Waals surface area contributed by atoms with Gasteiger partial charge < -0.3 is 15.0 Å². The zero-order chi connectivity index (χ0) is 20.5. The van der Waals surface area contributed by atoms with Crippen molar-refractivity contribution < 1.29 is 4.74 Å². The fourth-order valence-corrected chi connectivity index (χ4v) is 4.70. The van der Waals surface area contributed by atoms with Gasteiger partial charge in [-0.05, 0) is 69.5 Å². The number of ether oxygens (including phenoxy) is 1. The quantitative estimate of drug-likeness (QED) is 0.669. The molecule has 0 aliphatic carbocycles. The maximum absolute atomic E-state index is 12.6. The van der Waals surface area contributed by atoms with Crippen molar-refractivity contribution in [2.75, 3.05) is 31.6 Å². The molecular weight excluding hydrogens is 378 g/mol. The Hall–Kier alpha value is -2.64. The molecule has 0 bridgehead atoms. The molecule has 2 aliphatic rings. The van der Waals surface area contributed by atoms with Crippen molar-refractivity contribution >= 4 is 22.4 Å². The minimum absolute atomic E-state index is 0.128. The van der Waals surface area contributed by atoms with Crippen LogP contribution < -0.4 is 10.9 Å². The average Bonchev–Trinajstić information content (AvgIpc) is 3.44. The summed E-state index contributed by atoms with van der Waals surface area (Å²) in [6.45, 7) is 6.06. The molecule has 0 amide bonds. The summed E-state index contributed by atoms with van der Waals surface area (Å²) in [6.07, 6.45) is 6.28. The minimum atomic E-state index is -0.128. The lowest BCUT2D eigenvalue weighted by Crippen LogP contribution is -2.23. The van der Waals surface area contributed by atoms with Crippen LogP contribution >= 0.6 is 0 Å². The number of rotatable bonds is 5. The Morgan fingerprint density at radius 2 is 1.97 bits per heavy atom. The highest BCUT2D eigenvalue weighted by atomic mass is 16.5. The van der Waals surface area contributed by atoms with E-state index in [1.807, 2.05) is 10.7 Å². The first kappa shape index (κ1) is 19.3. The summed E-state index contributed by atoms with van der Waals surface area (Å²) in [6, 6.07) is 11.0. The molecule has 7 heteroatoms. The van der Waals surface area contributed by atoms with E-state index in [2.05, 4.69) is 46.4 Å². The highest BCUT2D eigenvalue weighted by Crippen LogP contribution is 2.30. The molecule has 2 fully saturated rings. The van der Waals surface area contributed by atoms with Crippen LogP contribution in [-0.2, 0) is 4.74 Å². The van der Waals surface area contributed by atoms with Crippen molar-refractivity contribution in [3.05, 3.63) is 52.4 Å². The summed E-state index contributed by atoms with van der Waals surface area (Å²) in [5.41, 5.74) is 2.96. The van der Waals surface area contributed by atoms with Crippen molar-refractivity contribution in [2.45, 2.75) is 44.7 Å². The number of pyridine rings is 1. The molecule has 2 aromatic heterocycles. The predicted octanol–water partition coefficient (Wildman–Crippen LogP) is 3.98. The number of aromatic nitrogens is 3. The standard InChI is InChI=1S/C23H29N5O2/c1-16(27-12-2-3-13-27)17-6-8-18(9-7-17)25-22-21-20(10-11-24-23(21)29)28(26-22)19-5-4-14-30-15-19/h6-11,16,19H,2-5,12-15H2,1H3,(H,24,29)(H,25,26). The van der Waals surface area contributed by atoms with E-state index >= 15 is 0 Å². The summed E-state index contributed by atoms with van der Waals surface area (Å²) in [7, 11) is 0. The molecular formula is C23H29N5O2. The average molecular weight is 408 g/mol. The van der Waals surface area contributed by atoms with E-state index in [0.717, 1.165) is 30.7 Å². The normalized spacial score (nSPS) is 21.2. The first-order valence-corrected chi connectivity index (χ1v) is 11.0. The number of hydrogen-bond donors (Lipinski definition) is 2. The van der Waals surface area contributed by atoms with Gasteiger partial charge in [-0.25, -0.2) is 0 Å². The number of likely N-dealkylation sites (tertiary alicyclic amines) is 1. The predicted molar refractivity (Wildman–Crippen MR) is 118 cm³/mol. The fourth-order valence-electron chi connectivity index (χ4n) is 4.70. The van der Waals surface area contributed by atoms with Crippen LogP contribution in [0.1, 0.15) is 50.3 Å². The van der Waals surface area contributed by atoms with E-state index in [4.69, 9.17) is 9.84 Å². The van der Waals surface area contributed by atoms with Crippen LogP contribution in [-0.4, -0.2) is 46.0 Å². The summed E-state index contributed by atoms with van der Waals surface area (Å²) in [5.74, 6) is 0.595. The Balaban J connectivity index is 1.43. The van der Waals surface area contributed by atoms with Gasteiger partial charge in [0.05, 0.1) is 18.2 Å². The molecule has 2 saturated heterocycles. The number of H-pyrrole nitrogens is 1. The van der Waals surface area contributed by atoms with E-state index in [9.17, 15) is 4.79 Å². The molecule has 1 aromatic carbocycles.